The molecule has 0 spiro atoms. The number of para-hydroxylation sites is 2. The van der Waals surface area contributed by atoms with Crippen LogP contribution in [0.15, 0.2) is 24.3 Å². The minimum atomic E-state index is 0.552. The molecular weight excluding hydrogens is 262 g/mol. The average Bonchev–Trinajstić information content (AvgIpc) is 3.17. The lowest BCUT2D eigenvalue weighted by Crippen LogP contribution is -2.35. The van der Waals surface area contributed by atoms with Crippen molar-refractivity contribution < 1.29 is 0 Å². The summed E-state index contributed by atoms with van der Waals surface area (Å²) in [4.78, 5) is 14.2. The fourth-order valence-electron chi connectivity index (χ4n) is 3.58. The monoisotopic (exact) mass is 283 g/mol. The highest BCUT2D eigenvalue weighted by molar-refractivity contribution is 5.79. The van der Waals surface area contributed by atoms with Gasteiger partial charge in [-0.2, -0.15) is 0 Å². The van der Waals surface area contributed by atoms with Gasteiger partial charge in [-0.1, -0.05) is 12.1 Å². The number of fused-ring (bicyclic) bond motifs is 1. The second-order valence-corrected chi connectivity index (χ2v) is 6.05. The maximum Gasteiger partial charge on any atom is 0.172 e. The number of nitrogens with two attached hydrogens (primary N) is 1. The molecule has 2 N–H and O–H groups in total. The number of hydrogen-bond acceptors (Lipinski definition) is 5. The van der Waals surface area contributed by atoms with Crippen molar-refractivity contribution in [2.75, 3.05) is 36.8 Å². The van der Waals surface area contributed by atoms with E-state index < -0.39 is 0 Å². The summed E-state index contributed by atoms with van der Waals surface area (Å²) in [6, 6.07) is 8.57. The topological polar surface area (TPSA) is 58.3 Å². The molecular formula is C16H21N5. The first-order valence-electron chi connectivity index (χ1n) is 7.82. The van der Waals surface area contributed by atoms with Crippen LogP contribution in [0.1, 0.15) is 19.3 Å². The van der Waals surface area contributed by atoms with E-state index in [1.165, 1.54) is 32.4 Å². The molecule has 21 heavy (non-hydrogen) atoms. The van der Waals surface area contributed by atoms with Crippen LogP contribution in [0, 0.1) is 0 Å². The highest BCUT2D eigenvalue weighted by Crippen LogP contribution is 2.28. The van der Waals surface area contributed by atoms with Gasteiger partial charge in [-0.05, 0) is 44.5 Å². The molecule has 0 amide bonds. The van der Waals surface area contributed by atoms with Crippen LogP contribution in [0.5, 0.6) is 0 Å². The molecule has 2 aliphatic heterocycles. The maximum atomic E-state index is 6.14. The Morgan fingerprint density at radius 2 is 1.71 bits per heavy atom. The van der Waals surface area contributed by atoms with Crippen LogP contribution in [0.2, 0.25) is 0 Å². The Balaban J connectivity index is 1.60. The lowest BCUT2D eigenvalue weighted by Gasteiger charge is -2.24. The molecule has 0 radical (unpaired) electrons. The van der Waals surface area contributed by atoms with Crippen LogP contribution in [0.4, 0.5) is 11.6 Å². The highest BCUT2D eigenvalue weighted by Gasteiger charge is 2.30. The number of benzene rings is 1. The van der Waals surface area contributed by atoms with E-state index in [0.29, 0.717) is 11.9 Å². The number of likely N-dealkylation sites (tertiary alicyclic amines) is 1. The predicted octanol–water partition coefficient (Wildman–Crippen LogP) is 1.89. The Bertz CT molecular complexity index is 650. The van der Waals surface area contributed by atoms with E-state index in [1.807, 2.05) is 24.3 Å². The molecule has 0 saturated carbocycles. The van der Waals surface area contributed by atoms with Crippen LogP contribution in [-0.2, 0) is 0 Å². The summed E-state index contributed by atoms with van der Waals surface area (Å²) in [6.07, 6.45) is 3.89. The molecule has 110 valence electrons. The number of anilines is 2. The van der Waals surface area contributed by atoms with Gasteiger partial charge in [0, 0.05) is 19.1 Å². The van der Waals surface area contributed by atoms with Crippen molar-refractivity contribution in [3.63, 3.8) is 0 Å². The number of nitrogen functional groups attached to an aromatic ring is 1. The molecule has 1 atom stereocenters. The Hall–Kier alpha value is -1.88. The van der Waals surface area contributed by atoms with E-state index in [1.54, 1.807) is 0 Å². The fourth-order valence-corrected chi connectivity index (χ4v) is 3.58. The second kappa shape index (κ2) is 5.15. The molecule has 1 unspecified atom stereocenters. The van der Waals surface area contributed by atoms with Crippen LogP contribution in [0.25, 0.3) is 11.0 Å². The quantitative estimate of drug-likeness (QED) is 0.912. The number of nitrogens with zero attached hydrogens (tertiary/aromatic N) is 4. The minimum Gasteiger partial charge on any atom is -0.381 e. The fraction of sp³-hybridized carbons (Fsp3) is 0.500. The van der Waals surface area contributed by atoms with Gasteiger partial charge in [0.1, 0.15) is 0 Å². The molecule has 0 bridgehead atoms. The summed E-state index contributed by atoms with van der Waals surface area (Å²) in [7, 11) is 0. The first kappa shape index (κ1) is 12.8. The van der Waals surface area contributed by atoms with Crippen molar-refractivity contribution in [1.29, 1.82) is 0 Å². The van der Waals surface area contributed by atoms with Gasteiger partial charge in [-0.3, -0.25) is 4.90 Å². The molecule has 2 aliphatic rings. The van der Waals surface area contributed by atoms with E-state index in [2.05, 4.69) is 14.8 Å². The molecule has 0 aliphatic carbocycles. The van der Waals surface area contributed by atoms with E-state index in [4.69, 9.17) is 10.7 Å². The molecule has 1 aromatic heterocycles. The Morgan fingerprint density at radius 1 is 1.00 bits per heavy atom. The third-order valence-corrected chi connectivity index (χ3v) is 4.70. The zero-order valence-corrected chi connectivity index (χ0v) is 12.2. The zero-order valence-electron chi connectivity index (χ0n) is 12.2. The summed E-state index contributed by atoms with van der Waals surface area (Å²) in [5.74, 6) is 1.41. The molecule has 3 heterocycles. The number of aromatic nitrogens is 2. The third kappa shape index (κ3) is 2.31. The van der Waals surface area contributed by atoms with Gasteiger partial charge in [-0.25, -0.2) is 9.97 Å². The molecule has 5 nitrogen and oxygen atoms in total. The molecule has 5 heteroatoms. The van der Waals surface area contributed by atoms with E-state index >= 15 is 0 Å². The van der Waals surface area contributed by atoms with Crippen LogP contribution in [-0.4, -0.2) is 47.1 Å². The first-order chi connectivity index (χ1) is 10.3. The molecule has 1 aromatic carbocycles. The lowest BCUT2D eigenvalue weighted by molar-refractivity contribution is 0.260. The van der Waals surface area contributed by atoms with E-state index in [9.17, 15) is 0 Å². The number of hydrogen-bond donors (Lipinski definition) is 1. The molecule has 2 aromatic rings. The van der Waals surface area contributed by atoms with Gasteiger partial charge in [0.05, 0.1) is 11.0 Å². The van der Waals surface area contributed by atoms with Crippen molar-refractivity contribution in [3.05, 3.63) is 24.3 Å². The Kier molecular flexibility index (Phi) is 3.15. The van der Waals surface area contributed by atoms with E-state index in [-0.39, 0.29) is 0 Å². The first-order valence-corrected chi connectivity index (χ1v) is 7.82. The van der Waals surface area contributed by atoms with Crippen molar-refractivity contribution in [2.24, 2.45) is 0 Å². The van der Waals surface area contributed by atoms with Gasteiger partial charge in [0.25, 0.3) is 0 Å². The normalized spacial score (nSPS) is 23.2. The van der Waals surface area contributed by atoms with Crippen molar-refractivity contribution in [3.8, 4) is 0 Å². The second-order valence-electron chi connectivity index (χ2n) is 6.05. The molecule has 2 fully saturated rings. The summed E-state index contributed by atoms with van der Waals surface area (Å²) in [6.45, 7) is 4.55. The Labute approximate surface area is 124 Å². The Morgan fingerprint density at radius 3 is 2.48 bits per heavy atom. The minimum absolute atomic E-state index is 0.552. The van der Waals surface area contributed by atoms with Crippen molar-refractivity contribution >= 4 is 22.7 Å². The van der Waals surface area contributed by atoms with Gasteiger partial charge in [-0.15, -0.1) is 0 Å². The third-order valence-electron chi connectivity index (χ3n) is 4.70. The standard InChI is InChI=1S/C16H21N5/c17-15-16(19-14-6-2-1-5-13(14)18-15)21-10-7-12(11-21)20-8-3-4-9-20/h1-2,5-6,12H,3-4,7-11H2,(H2,17,18). The van der Waals surface area contributed by atoms with Gasteiger partial charge >= 0.3 is 0 Å². The van der Waals surface area contributed by atoms with Gasteiger partial charge in [0.2, 0.25) is 0 Å². The summed E-state index contributed by atoms with van der Waals surface area (Å²) in [5.41, 5.74) is 7.93. The summed E-state index contributed by atoms with van der Waals surface area (Å²) >= 11 is 0. The van der Waals surface area contributed by atoms with Crippen molar-refractivity contribution in [2.45, 2.75) is 25.3 Å². The van der Waals surface area contributed by atoms with E-state index in [0.717, 1.165) is 29.9 Å². The number of rotatable bonds is 2. The largest absolute Gasteiger partial charge is 0.381 e. The summed E-state index contributed by atoms with van der Waals surface area (Å²) in [5, 5.41) is 0. The molecule has 2 saturated heterocycles. The van der Waals surface area contributed by atoms with Crippen LogP contribution in [0.3, 0.4) is 0 Å². The molecule has 4 rings (SSSR count). The van der Waals surface area contributed by atoms with Crippen molar-refractivity contribution in [1.82, 2.24) is 14.9 Å². The average molecular weight is 283 g/mol. The predicted molar refractivity (Wildman–Crippen MR) is 85.4 cm³/mol. The van der Waals surface area contributed by atoms with Crippen LogP contribution < -0.4 is 10.6 Å². The van der Waals surface area contributed by atoms with Gasteiger partial charge in [0.15, 0.2) is 11.6 Å². The zero-order chi connectivity index (χ0) is 14.2. The summed E-state index contributed by atoms with van der Waals surface area (Å²) < 4.78 is 0. The maximum absolute atomic E-state index is 6.14. The highest BCUT2D eigenvalue weighted by atomic mass is 15.3. The smallest absolute Gasteiger partial charge is 0.172 e. The SMILES string of the molecule is Nc1nc2ccccc2nc1N1CCC(N2CCCC2)C1. The van der Waals surface area contributed by atoms with Crippen LogP contribution >= 0.6 is 0 Å². The lowest BCUT2D eigenvalue weighted by atomic mass is 10.2. The van der Waals surface area contributed by atoms with Gasteiger partial charge < -0.3 is 10.6 Å².